The van der Waals surface area contributed by atoms with E-state index < -0.39 is 11.6 Å². The quantitative estimate of drug-likeness (QED) is 0.826. The Morgan fingerprint density at radius 3 is 2.59 bits per heavy atom. The first kappa shape index (κ1) is 14.4. The van der Waals surface area contributed by atoms with Crippen molar-refractivity contribution in [1.29, 1.82) is 0 Å². The van der Waals surface area contributed by atoms with Crippen molar-refractivity contribution in [1.82, 2.24) is 5.32 Å². The molecule has 1 amide bonds. The van der Waals surface area contributed by atoms with E-state index >= 15 is 0 Å². The zero-order valence-corrected chi connectivity index (χ0v) is 12.7. The lowest BCUT2D eigenvalue weighted by atomic mass is 9.98. The molecule has 0 saturated carbocycles. The van der Waals surface area contributed by atoms with Crippen LogP contribution in [0.15, 0.2) is 18.2 Å². The van der Waals surface area contributed by atoms with Crippen molar-refractivity contribution in [2.24, 2.45) is 0 Å². The number of aliphatic hydroxyl groups is 1. The van der Waals surface area contributed by atoms with Gasteiger partial charge in [-0.1, -0.05) is 12.1 Å². The van der Waals surface area contributed by atoms with Gasteiger partial charge in [-0.05, 0) is 61.9 Å². The van der Waals surface area contributed by atoms with E-state index in [4.69, 9.17) is 0 Å². The maximum absolute atomic E-state index is 12.1. The van der Waals surface area contributed by atoms with Crippen molar-refractivity contribution >= 4 is 28.5 Å². The Morgan fingerprint density at radius 2 is 2.06 bits per heavy atom. The van der Waals surface area contributed by atoms with Crippen molar-refractivity contribution in [2.75, 3.05) is 0 Å². The van der Waals surface area contributed by atoms with Crippen LogP contribution >= 0.6 is 22.6 Å². The maximum Gasteiger partial charge on any atom is 0.252 e. The van der Waals surface area contributed by atoms with Crippen molar-refractivity contribution in [2.45, 2.75) is 39.3 Å². The number of rotatable bonds is 3. The zero-order valence-electron chi connectivity index (χ0n) is 10.5. The minimum Gasteiger partial charge on any atom is -0.391 e. The SMILES string of the molecule is Cc1cccc(C(=O)NC(C)(C)C(C)O)c1I. The topological polar surface area (TPSA) is 49.3 Å². The van der Waals surface area contributed by atoms with Crippen LogP contribution in [0.5, 0.6) is 0 Å². The van der Waals surface area contributed by atoms with E-state index in [0.29, 0.717) is 5.56 Å². The van der Waals surface area contributed by atoms with Gasteiger partial charge < -0.3 is 10.4 Å². The van der Waals surface area contributed by atoms with Crippen LogP contribution in [0.25, 0.3) is 0 Å². The van der Waals surface area contributed by atoms with Gasteiger partial charge in [-0.2, -0.15) is 0 Å². The number of carbonyl (C=O) groups is 1. The molecule has 2 N–H and O–H groups in total. The lowest BCUT2D eigenvalue weighted by molar-refractivity contribution is 0.0708. The summed E-state index contributed by atoms with van der Waals surface area (Å²) in [5.74, 6) is -0.149. The van der Waals surface area contributed by atoms with Crippen LogP contribution in [0.3, 0.4) is 0 Å². The van der Waals surface area contributed by atoms with Crippen LogP contribution in [-0.2, 0) is 0 Å². The van der Waals surface area contributed by atoms with Crippen molar-refractivity contribution < 1.29 is 9.90 Å². The Labute approximate surface area is 116 Å². The van der Waals surface area contributed by atoms with Gasteiger partial charge in [0.15, 0.2) is 0 Å². The summed E-state index contributed by atoms with van der Waals surface area (Å²) in [6.07, 6.45) is -0.603. The average Bonchev–Trinajstić information content (AvgIpc) is 2.21. The highest BCUT2D eigenvalue weighted by molar-refractivity contribution is 14.1. The van der Waals surface area contributed by atoms with E-state index in [0.717, 1.165) is 9.13 Å². The Kier molecular flexibility index (Phi) is 4.55. The third-order valence-electron chi connectivity index (χ3n) is 2.92. The van der Waals surface area contributed by atoms with Crippen LogP contribution in [0, 0.1) is 10.5 Å². The highest BCUT2D eigenvalue weighted by Gasteiger charge is 2.27. The maximum atomic E-state index is 12.1. The van der Waals surface area contributed by atoms with Gasteiger partial charge in [0.1, 0.15) is 0 Å². The van der Waals surface area contributed by atoms with Crippen LogP contribution in [-0.4, -0.2) is 22.7 Å². The first-order chi connectivity index (χ1) is 7.75. The van der Waals surface area contributed by atoms with Gasteiger partial charge in [0, 0.05) is 3.57 Å². The number of aryl methyl sites for hydroxylation is 1. The highest BCUT2D eigenvalue weighted by Crippen LogP contribution is 2.18. The molecule has 1 atom stereocenters. The fourth-order valence-electron chi connectivity index (χ4n) is 1.29. The van der Waals surface area contributed by atoms with Gasteiger partial charge >= 0.3 is 0 Å². The second-order valence-corrected chi connectivity index (χ2v) is 5.87. The van der Waals surface area contributed by atoms with Crippen LogP contribution in [0.4, 0.5) is 0 Å². The molecule has 1 aromatic carbocycles. The molecule has 0 spiro atoms. The minimum absolute atomic E-state index is 0.149. The number of aliphatic hydroxyl groups excluding tert-OH is 1. The Morgan fingerprint density at radius 1 is 1.47 bits per heavy atom. The van der Waals surface area contributed by atoms with Crippen LogP contribution < -0.4 is 5.32 Å². The number of benzene rings is 1. The van der Waals surface area contributed by atoms with Gasteiger partial charge in [-0.25, -0.2) is 0 Å². The monoisotopic (exact) mass is 347 g/mol. The van der Waals surface area contributed by atoms with Gasteiger partial charge in [0.25, 0.3) is 5.91 Å². The Bertz CT molecular complexity index is 427. The number of amides is 1. The normalized spacial score (nSPS) is 13.3. The largest absolute Gasteiger partial charge is 0.391 e. The first-order valence-electron chi connectivity index (χ1n) is 5.51. The summed E-state index contributed by atoms with van der Waals surface area (Å²) in [4.78, 5) is 12.1. The van der Waals surface area contributed by atoms with Crippen molar-refractivity contribution in [3.8, 4) is 0 Å². The molecule has 0 aliphatic heterocycles. The molecule has 1 aromatic rings. The molecule has 0 bridgehead atoms. The average molecular weight is 347 g/mol. The van der Waals surface area contributed by atoms with E-state index in [1.807, 2.05) is 19.1 Å². The molecule has 0 fully saturated rings. The summed E-state index contributed by atoms with van der Waals surface area (Å²) in [5.41, 5.74) is 1.09. The summed E-state index contributed by atoms with van der Waals surface area (Å²) in [5, 5.41) is 12.4. The second kappa shape index (κ2) is 5.35. The molecule has 0 aromatic heterocycles. The molecular weight excluding hydrogens is 329 g/mol. The Balaban J connectivity index is 2.95. The summed E-state index contributed by atoms with van der Waals surface area (Å²) >= 11 is 2.17. The van der Waals surface area contributed by atoms with Gasteiger partial charge in [-0.3, -0.25) is 4.79 Å². The molecule has 0 radical (unpaired) electrons. The molecule has 0 saturated heterocycles. The summed E-state index contributed by atoms with van der Waals surface area (Å²) in [6.45, 7) is 7.25. The number of halogens is 1. The lowest BCUT2D eigenvalue weighted by Crippen LogP contribution is -2.51. The third-order valence-corrected chi connectivity index (χ3v) is 4.35. The highest BCUT2D eigenvalue weighted by atomic mass is 127. The lowest BCUT2D eigenvalue weighted by Gasteiger charge is -2.29. The summed E-state index contributed by atoms with van der Waals surface area (Å²) in [7, 11) is 0. The molecule has 0 heterocycles. The minimum atomic E-state index is -0.635. The molecule has 0 aliphatic rings. The number of nitrogens with one attached hydrogen (secondary N) is 1. The fourth-order valence-corrected chi connectivity index (χ4v) is 1.89. The fraction of sp³-hybridized carbons (Fsp3) is 0.462. The second-order valence-electron chi connectivity index (χ2n) is 4.79. The number of hydrogen-bond donors (Lipinski definition) is 2. The Hall–Kier alpha value is -0.620. The molecule has 3 nitrogen and oxygen atoms in total. The van der Waals surface area contributed by atoms with Gasteiger partial charge in [0.05, 0.1) is 17.2 Å². The van der Waals surface area contributed by atoms with E-state index in [-0.39, 0.29) is 5.91 Å². The van der Waals surface area contributed by atoms with Gasteiger partial charge in [-0.15, -0.1) is 0 Å². The first-order valence-corrected chi connectivity index (χ1v) is 6.59. The van der Waals surface area contributed by atoms with E-state index in [1.165, 1.54) is 0 Å². The molecule has 17 heavy (non-hydrogen) atoms. The summed E-state index contributed by atoms with van der Waals surface area (Å²) in [6, 6.07) is 5.63. The zero-order chi connectivity index (χ0) is 13.2. The van der Waals surface area contributed by atoms with E-state index in [9.17, 15) is 9.90 Å². The van der Waals surface area contributed by atoms with Crippen LogP contribution in [0.1, 0.15) is 36.7 Å². The van der Waals surface area contributed by atoms with Crippen LogP contribution in [0.2, 0.25) is 0 Å². The summed E-state index contributed by atoms with van der Waals surface area (Å²) < 4.78 is 0.948. The number of hydrogen-bond acceptors (Lipinski definition) is 2. The number of carbonyl (C=O) groups excluding carboxylic acids is 1. The molecule has 1 unspecified atom stereocenters. The van der Waals surface area contributed by atoms with E-state index in [2.05, 4.69) is 27.9 Å². The van der Waals surface area contributed by atoms with Gasteiger partial charge in [0.2, 0.25) is 0 Å². The molecule has 0 aliphatic carbocycles. The predicted octanol–water partition coefficient (Wildman–Crippen LogP) is 2.49. The predicted molar refractivity (Wildman–Crippen MR) is 77.1 cm³/mol. The smallest absolute Gasteiger partial charge is 0.252 e. The molecular formula is C13H18INO2. The third kappa shape index (κ3) is 3.42. The standard InChI is InChI=1S/C13H18INO2/c1-8-6-5-7-10(11(8)14)12(17)15-13(3,4)9(2)16/h5-7,9,16H,1-4H3,(H,15,17). The molecule has 4 heteroatoms. The van der Waals surface area contributed by atoms with E-state index in [1.54, 1.807) is 26.8 Å². The molecule has 1 rings (SSSR count). The van der Waals surface area contributed by atoms with Crippen molar-refractivity contribution in [3.05, 3.63) is 32.9 Å². The van der Waals surface area contributed by atoms with Crippen molar-refractivity contribution in [3.63, 3.8) is 0 Å². The molecule has 94 valence electrons.